The van der Waals surface area contributed by atoms with Crippen LogP contribution in [0.25, 0.3) is 0 Å². The van der Waals surface area contributed by atoms with Gasteiger partial charge in [-0.05, 0) is 18.9 Å². The normalized spacial score (nSPS) is 17.0. The fourth-order valence-corrected chi connectivity index (χ4v) is 4.46. The Bertz CT molecular complexity index is 845. The van der Waals surface area contributed by atoms with E-state index in [0.29, 0.717) is 54.4 Å². The molecule has 3 heterocycles. The lowest BCUT2D eigenvalue weighted by Gasteiger charge is -2.45. The van der Waals surface area contributed by atoms with Gasteiger partial charge in [0, 0.05) is 33.2 Å². The van der Waals surface area contributed by atoms with Crippen molar-refractivity contribution in [2.75, 3.05) is 38.3 Å². The molecule has 2 aliphatic heterocycles. The van der Waals surface area contributed by atoms with E-state index in [-0.39, 0.29) is 16.8 Å². The van der Waals surface area contributed by atoms with Crippen LogP contribution in [0.1, 0.15) is 35.1 Å². The quantitative estimate of drug-likeness (QED) is 0.642. The number of thiazole rings is 1. The van der Waals surface area contributed by atoms with Gasteiger partial charge in [0.25, 0.3) is 5.91 Å². The van der Waals surface area contributed by atoms with Crippen LogP contribution in [0.3, 0.4) is 0 Å². The molecule has 0 aromatic carbocycles. The Morgan fingerprint density at radius 2 is 2.14 bits per heavy atom. The molecule has 0 atom stereocenters. The molecule has 0 unspecified atom stereocenters. The monoisotopic (exact) mass is 426 g/mol. The van der Waals surface area contributed by atoms with Gasteiger partial charge in [0.05, 0.1) is 18.3 Å². The SMILES string of the molecule is CCC1=C(Cl)N=C(C(=O)N(CCOC)C2CN(c3nc(C)c(C(=O)O)s3)C2)C1. The molecule has 1 saturated heterocycles. The third-order valence-corrected chi connectivity index (χ3v) is 6.49. The molecule has 152 valence electrons. The van der Waals surface area contributed by atoms with Crippen LogP contribution < -0.4 is 4.90 Å². The molecular formula is C18H23ClN4O4S. The van der Waals surface area contributed by atoms with E-state index in [4.69, 9.17) is 16.3 Å². The molecule has 0 saturated carbocycles. The zero-order valence-corrected chi connectivity index (χ0v) is 17.6. The van der Waals surface area contributed by atoms with Gasteiger partial charge in [0.2, 0.25) is 0 Å². The Balaban J connectivity index is 1.67. The van der Waals surface area contributed by atoms with Crippen molar-refractivity contribution in [3.05, 3.63) is 21.3 Å². The molecule has 8 nitrogen and oxygen atoms in total. The second-order valence-corrected chi connectivity index (χ2v) is 8.09. The third kappa shape index (κ3) is 4.06. The van der Waals surface area contributed by atoms with Crippen LogP contribution in [0.4, 0.5) is 5.13 Å². The fraction of sp³-hybridized carbons (Fsp3) is 0.556. The van der Waals surface area contributed by atoms with E-state index < -0.39 is 5.97 Å². The van der Waals surface area contributed by atoms with Crippen LogP contribution >= 0.6 is 22.9 Å². The minimum atomic E-state index is -0.967. The van der Waals surface area contributed by atoms with E-state index in [1.54, 1.807) is 18.9 Å². The average molecular weight is 427 g/mol. The summed E-state index contributed by atoms with van der Waals surface area (Å²) >= 11 is 7.29. The van der Waals surface area contributed by atoms with E-state index in [2.05, 4.69) is 9.98 Å². The number of halogens is 1. The van der Waals surface area contributed by atoms with Crippen molar-refractivity contribution in [3.8, 4) is 0 Å². The van der Waals surface area contributed by atoms with Crippen molar-refractivity contribution in [2.24, 2.45) is 4.99 Å². The molecular weight excluding hydrogens is 404 g/mol. The van der Waals surface area contributed by atoms with Crippen LogP contribution in [0.15, 0.2) is 15.7 Å². The Hall–Kier alpha value is -1.97. The van der Waals surface area contributed by atoms with E-state index in [1.165, 1.54) is 0 Å². The van der Waals surface area contributed by atoms with Gasteiger partial charge in [-0.3, -0.25) is 4.79 Å². The Morgan fingerprint density at radius 3 is 2.68 bits per heavy atom. The lowest BCUT2D eigenvalue weighted by Crippen LogP contribution is -2.62. The molecule has 1 aromatic heterocycles. The van der Waals surface area contributed by atoms with Gasteiger partial charge in [0.1, 0.15) is 15.7 Å². The fourth-order valence-electron chi connectivity index (χ4n) is 3.24. The Kier molecular flexibility index (Phi) is 6.36. The number of nitrogens with zero attached hydrogens (tertiary/aromatic N) is 4. The maximum atomic E-state index is 13.0. The van der Waals surface area contributed by atoms with Crippen LogP contribution in [0.2, 0.25) is 0 Å². The first-order chi connectivity index (χ1) is 13.3. The molecule has 0 radical (unpaired) electrons. The minimum Gasteiger partial charge on any atom is -0.477 e. The number of ether oxygens (including phenoxy) is 1. The maximum absolute atomic E-state index is 13.0. The van der Waals surface area contributed by atoms with Crippen LogP contribution in [0.5, 0.6) is 0 Å². The zero-order valence-electron chi connectivity index (χ0n) is 16.1. The van der Waals surface area contributed by atoms with Crippen molar-refractivity contribution < 1.29 is 19.4 Å². The first kappa shape index (κ1) is 20.8. The van der Waals surface area contributed by atoms with Crippen molar-refractivity contribution in [1.82, 2.24) is 9.88 Å². The van der Waals surface area contributed by atoms with Crippen molar-refractivity contribution >= 4 is 45.7 Å². The van der Waals surface area contributed by atoms with Gasteiger partial charge in [-0.25, -0.2) is 14.8 Å². The number of aliphatic imine (C=N–C) groups is 1. The number of carbonyl (C=O) groups excluding carboxylic acids is 1. The zero-order chi connectivity index (χ0) is 20.4. The second-order valence-electron chi connectivity index (χ2n) is 6.75. The number of allylic oxidation sites excluding steroid dienone is 1. The van der Waals surface area contributed by atoms with Crippen LogP contribution in [0, 0.1) is 6.92 Å². The lowest BCUT2D eigenvalue weighted by molar-refractivity contribution is -0.127. The Morgan fingerprint density at radius 1 is 1.43 bits per heavy atom. The number of methoxy groups -OCH3 is 1. The van der Waals surface area contributed by atoms with Gasteiger partial charge >= 0.3 is 5.97 Å². The third-order valence-electron chi connectivity index (χ3n) is 4.93. The number of hydrogen-bond donors (Lipinski definition) is 1. The van der Waals surface area contributed by atoms with Crippen LogP contribution in [-0.2, 0) is 9.53 Å². The van der Waals surface area contributed by atoms with Gasteiger partial charge in [-0.15, -0.1) is 0 Å². The summed E-state index contributed by atoms with van der Waals surface area (Å²) in [6.45, 7) is 5.76. The number of anilines is 1. The number of carboxylic acids is 1. The van der Waals surface area contributed by atoms with Crippen molar-refractivity contribution in [1.29, 1.82) is 0 Å². The van der Waals surface area contributed by atoms with Crippen molar-refractivity contribution in [2.45, 2.75) is 32.7 Å². The minimum absolute atomic E-state index is 0.00714. The lowest BCUT2D eigenvalue weighted by atomic mass is 10.0. The highest BCUT2D eigenvalue weighted by atomic mass is 35.5. The summed E-state index contributed by atoms with van der Waals surface area (Å²) in [5, 5.41) is 10.3. The number of aryl methyl sites for hydroxylation is 1. The summed E-state index contributed by atoms with van der Waals surface area (Å²) in [6.07, 6.45) is 1.26. The molecule has 1 N–H and O–H groups in total. The molecule has 1 aromatic rings. The summed E-state index contributed by atoms with van der Waals surface area (Å²) in [5.74, 6) is -1.09. The number of rotatable bonds is 8. The second kappa shape index (κ2) is 8.59. The average Bonchev–Trinajstić information content (AvgIpc) is 3.18. The number of carboxylic acid groups (broad SMARTS) is 1. The molecule has 1 fully saturated rings. The molecule has 2 aliphatic rings. The number of amides is 1. The Labute approximate surface area is 172 Å². The van der Waals surface area contributed by atoms with E-state index in [9.17, 15) is 14.7 Å². The first-order valence-corrected chi connectivity index (χ1v) is 10.3. The highest BCUT2D eigenvalue weighted by molar-refractivity contribution is 7.17. The predicted octanol–water partition coefficient (Wildman–Crippen LogP) is 2.52. The van der Waals surface area contributed by atoms with Gasteiger partial charge < -0.3 is 19.6 Å². The standard InChI is InChI=1S/C18H23ClN4O4S/c1-4-11-7-13(21-15(11)19)16(24)23(5-6-27-3)12-8-22(9-12)18-20-10(2)14(28-18)17(25)26/h12H,4-9H2,1-3H3,(H,25,26). The molecule has 10 heteroatoms. The van der Waals surface area contributed by atoms with Gasteiger partial charge in [0.15, 0.2) is 5.13 Å². The number of carbonyl (C=O) groups is 2. The summed E-state index contributed by atoms with van der Waals surface area (Å²) < 4.78 is 5.16. The summed E-state index contributed by atoms with van der Waals surface area (Å²) in [4.78, 5) is 36.9. The molecule has 0 bridgehead atoms. The predicted molar refractivity (Wildman–Crippen MR) is 109 cm³/mol. The summed E-state index contributed by atoms with van der Waals surface area (Å²) in [5.41, 5.74) is 1.96. The maximum Gasteiger partial charge on any atom is 0.347 e. The molecule has 0 aliphatic carbocycles. The van der Waals surface area contributed by atoms with E-state index >= 15 is 0 Å². The first-order valence-electron chi connectivity index (χ1n) is 9.06. The number of aromatic carboxylic acids is 1. The highest BCUT2D eigenvalue weighted by Crippen LogP contribution is 2.32. The van der Waals surface area contributed by atoms with Gasteiger partial charge in [-0.1, -0.05) is 29.9 Å². The smallest absolute Gasteiger partial charge is 0.347 e. The summed E-state index contributed by atoms with van der Waals surface area (Å²) in [6, 6.07) is -0.00714. The van der Waals surface area contributed by atoms with E-state index in [1.807, 2.05) is 11.8 Å². The number of aromatic nitrogens is 1. The van der Waals surface area contributed by atoms with Crippen LogP contribution in [-0.4, -0.2) is 72.0 Å². The molecule has 1 amide bonds. The summed E-state index contributed by atoms with van der Waals surface area (Å²) in [7, 11) is 1.60. The topological polar surface area (TPSA) is 95.3 Å². The number of hydrogen-bond acceptors (Lipinski definition) is 7. The highest BCUT2D eigenvalue weighted by Gasteiger charge is 2.38. The van der Waals surface area contributed by atoms with Gasteiger partial charge in [-0.2, -0.15) is 0 Å². The molecule has 28 heavy (non-hydrogen) atoms. The molecule has 3 rings (SSSR count). The largest absolute Gasteiger partial charge is 0.477 e. The van der Waals surface area contributed by atoms with E-state index in [0.717, 1.165) is 23.3 Å². The molecule has 0 spiro atoms. The van der Waals surface area contributed by atoms with Crippen molar-refractivity contribution in [3.63, 3.8) is 0 Å².